The maximum Gasteiger partial charge on any atom is 0.325 e. The van der Waals surface area contributed by atoms with Crippen molar-refractivity contribution in [1.29, 1.82) is 0 Å². The number of nitrogens with zero attached hydrogens (tertiary/aromatic N) is 1. The fraction of sp³-hybridized carbons (Fsp3) is 0.286. The van der Waals surface area contributed by atoms with Gasteiger partial charge in [-0.2, -0.15) is 0 Å². The average molecular weight is 381 g/mol. The summed E-state index contributed by atoms with van der Waals surface area (Å²) in [5.74, 6) is -0.616. The molecule has 2 aromatic rings. The van der Waals surface area contributed by atoms with Crippen LogP contribution in [0.25, 0.3) is 0 Å². The Balaban J connectivity index is 1.52. The molecule has 0 aromatic heterocycles. The standard InChI is InChI=1S/C21H23N3O4/c25-14-18(16-9-5-2-6-10-16)22-19(26)12-11-17-20(27)24(21(28)23-17)13-15-7-3-1-4-8-15/h1-10,17-18,25H,11-14H2,(H,22,26)(H,23,28)/t17-,18+/m1/s1. The van der Waals surface area contributed by atoms with E-state index in [-0.39, 0.29) is 37.8 Å². The van der Waals surface area contributed by atoms with Gasteiger partial charge in [0.15, 0.2) is 0 Å². The van der Waals surface area contributed by atoms with Gasteiger partial charge in [0.05, 0.1) is 19.2 Å². The zero-order chi connectivity index (χ0) is 19.9. The molecule has 3 N–H and O–H groups in total. The molecule has 0 bridgehead atoms. The van der Waals surface area contributed by atoms with Crippen LogP contribution in [0.5, 0.6) is 0 Å². The molecular formula is C21H23N3O4. The number of nitrogens with one attached hydrogen (secondary N) is 2. The Morgan fingerprint density at radius 1 is 1.07 bits per heavy atom. The van der Waals surface area contributed by atoms with Crippen molar-refractivity contribution < 1.29 is 19.5 Å². The van der Waals surface area contributed by atoms with E-state index >= 15 is 0 Å². The molecular weight excluding hydrogens is 358 g/mol. The largest absolute Gasteiger partial charge is 0.394 e. The second-order valence-electron chi connectivity index (χ2n) is 6.66. The fourth-order valence-corrected chi connectivity index (χ4v) is 3.15. The van der Waals surface area contributed by atoms with E-state index in [9.17, 15) is 19.5 Å². The highest BCUT2D eigenvalue weighted by Crippen LogP contribution is 2.16. The van der Waals surface area contributed by atoms with Gasteiger partial charge in [-0.1, -0.05) is 60.7 Å². The average Bonchev–Trinajstić information content (AvgIpc) is 2.99. The minimum atomic E-state index is -0.716. The van der Waals surface area contributed by atoms with Gasteiger partial charge in [0.25, 0.3) is 5.91 Å². The molecule has 1 aliphatic rings. The lowest BCUT2D eigenvalue weighted by atomic mass is 10.1. The fourth-order valence-electron chi connectivity index (χ4n) is 3.15. The molecule has 7 heteroatoms. The number of rotatable bonds is 8. The third kappa shape index (κ3) is 4.75. The van der Waals surface area contributed by atoms with Gasteiger partial charge in [0.2, 0.25) is 5.91 Å². The molecule has 2 atom stereocenters. The number of aliphatic hydroxyl groups excluding tert-OH is 1. The molecule has 0 spiro atoms. The smallest absolute Gasteiger partial charge is 0.325 e. The molecule has 2 aromatic carbocycles. The highest BCUT2D eigenvalue weighted by molar-refractivity contribution is 6.04. The number of carbonyl (C=O) groups excluding carboxylic acids is 3. The topological polar surface area (TPSA) is 98.7 Å². The number of hydrogen-bond acceptors (Lipinski definition) is 4. The van der Waals surface area contributed by atoms with Gasteiger partial charge in [-0.3, -0.25) is 14.5 Å². The zero-order valence-electron chi connectivity index (χ0n) is 15.4. The molecule has 3 rings (SSSR count). The van der Waals surface area contributed by atoms with Crippen LogP contribution in [0.2, 0.25) is 0 Å². The second kappa shape index (κ2) is 9.14. The predicted molar refractivity (Wildman–Crippen MR) is 103 cm³/mol. The van der Waals surface area contributed by atoms with Gasteiger partial charge < -0.3 is 15.7 Å². The van der Waals surface area contributed by atoms with Gasteiger partial charge in [0.1, 0.15) is 6.04 Å². The molecule has 0 aliphatic carbocycles. The maximum absolute atomic E-state index is 12.5. The van der Waals surface area contributed by atoms with E-state index < -0.39 is 18.1 Å². The van der Waals surface area contributed by atoms with E-state index in [1.165, 1.54) is 4.90 Å². The molecule has 1 fully saturated rings. The van der Waals surface area contributed by atoms with Gasteiger partial charge in [-0.05, 0) is 17.5 Å². The van der Waals surface area contributed by atoms with E-state index in [2.05, 4.69) is 10.6 Å². The SMILES string of the molecule is O=C(CC[C@H]1NC(=O)N(Cc2ccccc2)C1=O)N[C@@H](CO)c1ccccc1. The number of urea groups is 1. The van der Waals surface area contributed by atoms with E-state index in [0.717, 1.165) is 11.1 Å². The van der Waals surface area contributed by atoms with Crippen LogP contribution in [-0.2, 0) is 16.1 Å². The lowest BCUT2D eigenvalue weighted by Crippen LogP contribution is -2.34. The molecule has 1 aliphatic heterocycles. The van der Waals surface area contributed by atoms with Gasteiger partial charge in [0, 0.05) is 6.42 Å². The molecule has 1 heterocycles. The predicted octanol–water partition coefficient (Wildman–Crippen LogP) is 1.74. The summed E-state index contributed by atoms with van der Waals surface area (Å²) in [6.07, 6.45) is 0.272. The van der Waals surface area contributed by atoms with E-state index in [1.807, 2.05) is 60.7 Å². The van der Waals surface area contributed by atoms with Crippen molar-refractivity contribution in [2.24, 2.45) is 0 Å². The highest BCUT2D eigenvalue weighted by Gasteiger charge is 2.37. The van der Waals surface area contributed by atoms with Gasteiger partial charge in [-0.15, -0.1) is 0 Å². The summed E-state index contributed by atoms with van der Waals surface area (Å²) in [5, 5.41) is 14.9. The monoisotopic (exact) mass is 381 g/mol. The maximum atomic E-state index is 12.5. The van der Waals surface area contributed by atoms with Crippen LogP contribution in [0.1, 0.15) is 30.0 Å². The third-order valence-corrected chi connectivity index (χ3v) is 4.67. The van der Waals surface area contributed by atoms with Crippen molar-refractivity contribution in [3.05, 3.63) is 71.8 Å². The van der Waals surface area contributed by atoms with Crippen LogP contribution >= 0.6 is 0 Å². The second-order valence-corrected chi connectivity index (χ2v) is 6.66. The molecule has 4 amide bonds. The van der Waals surface area contributed by atoms with Crippen molar-refractivity contribution >= 4 is 17.8 Å². The summed E-state index contributed by atoms with van der Waals surface area (Å²) in [7, 11) is 0. The van der Waals surface area contributed by atoms with E-state index in [0.29, 0.717) is 0 Å². The molecule has 0 unspecified atom stereocenters. The number of hydrogen-bond donors (Lipinski definition) is 3. The summed E-state index contributed by atoms with van der Waals surface area (Å²) < 4.78 is 0. The van der Waals surface area contributed by atoms with Crippen molar-refractivity contribution in [1.82, 2.24) is 15.5 Å². The van der Waals surface area contributed by atoms with Crippen LogP contribution < -0.4 is 10.6 Å². The van der Waals surface area contributed by atoms with Crippen molar-refractivity contribution in [3.8, 4) is 0 Å². The highest BCUT2D eigenvalue weighted by atomic mass is 16.3. The summed E-state index contributed by atoms with van der Waals surface area (Å²) in [6, 6.07) is 16.8. The quantitative estimate of drug-likeness (QED) is 0.607. The van der Waals surface area contributed by atoms with Crippen molar-refractivity contribution in [3.63, 3.8) is 0 Å². The number of imide groups is 1. The van der Waals surface area contributed by atoms with Gasteiger partial charge in [-0.25, -0.2) is 4.79 Å². The third-order valence-electron chi connectivity index (χ3n) is 4.67. The number of aliphatic hydroxyl groups is 1. The summed E-state index contributed by atoms with van der Waals surface area (Å²) in [4.78, 5) is 38.0. The Morgan fingerprint density at radius 2 is 1.71 bits per heavy atom. The molecule has 146 valence electrons. The molecule has 1 saturated heterocycles. The van der Waals surface area contributed by atoms with Crippen LogP contribution in [0.3, 0.4) is 0 Å². The van der Waals surface area contributed by atoms with Crippen LogP contribution in [0, 0.1) is 0 Å². The Labute approximate surface area is 163 Å². The Kier molecular flexibility index (Phi) is 6.39. The lowest BCUT2D eigenvalue weighted by Gasteiger charge is -2.17. The zero-order valence-corrected chi connectivity index (χ0v) is 15.4. The normalized spacial score (nSPS) is 17.3. The molecule has 0 saturated carbocycles. The molecule has 0 radical (unpaired) electrons. The van der Waals surface area contributed by atoms with E-state index in [1.54, 1.807) is 0 Å². The first kappa shape index (κ1) is 19.6. The minimum Gasteiger partial charge on any atom is -0.394 e. The molecule has 28 heavy (non-hydrogen) atoms. The van der Waals surface area contributed by atoms with Crippen LogP contribution in [0.15, 0.2) is 60.7 Å². The number of amides is 4. The Bertz CT molecular complexity index is 826. The molecule has 7 nitrogen and oxygen atoms in total. The van der Waals surface area contributed by atoms with Crippen LogP contribution in [-0.4, -0.2) is 40.5 Å². The summed E-state index contributed by atoms with van der Waals surface area (Å²) >= 11 is 0. The van der Waals surface area contributed by atoms with E-state index in [4.69, 9.17) is 0 Å². The van der Waals surface area contributed by atoms with Crippen molar-refractivity contribution in [2.75, 3.05) is 6.61 Å². The summed E-state index contributed by atoms with van der Waals surface area (Å²) in [6.45, 7) is -0.0193. The first-order chi connectivity index (χ1) is 13.6. The first-order valence-corrected chi connectivity index (χ1v) is 9.19. The van der Waals surface area contributed by atoms with Gasteiger partial charge >= 0.3 is 6.03 Å². The number of carbonyl (C=O) groups is 3. The van der Waals surface area contributed by atoms with Crippen molar-refractivity contribution in [2.45, 2.75) is 31.5 Å². The Hall–Kier alpha value is -3.19. The number of benzene rings is 2. The lowest BCUT2D eigenvalue weighted by molar-refractivity contribution is -0.128. The minimum absolute atomic E-state index is 0.0686. The van der Waals surface area contributed by atoms with Crippen LogP contribution in [0.4, 0.5) is 4.79 Å². The first-order valence-electron chi connectivity index (χ1n) is 9.19. The summed E-state index contributed by atoms with van der Waals surface area (Å²) in [5.41, 5.74) is 1.66. The Morgan fingerprint density at radius 3 is 2.36 bits per heavy atom.